The maximum atomic E-state index is 11.9. The second kappa shape index (κ2) is 4.34. The lowest BCUT2D eigenvalue weighted by molar-refractivity contribution is 0.0754. The van der Waals surface area contributed by atoms with E-state index < -0.39 is 0 Å². The molecule has 0 saturated heterocycles. The maximum Gasteiger partial charge on any atom is 0.253 e. The Kier molecular flexibility index (Phi) is 3.35. The number of phenols is 1. The number of aromatic hydroxyl groups is 1. The van der Waals surface area contributed by atoms with E-state index in [1.165, 1.54) is 6.07 Å². The molecule has 0 radical (unpaired) electrons. The number of phenolic OH excluding ortho intramolecular Hbond substituents is 1. The number of amides is 1. The first-order chi connectivity index (χ1) is 6.93. The molecule has 82 valence electrons. The molecule has 3 nitrogen and oxygen atoms in total. The van der Waals surface area contributed by atoms with Crippen molar-refractivity contribution < 1.29 is 9.90 Å². The number of benzene rings is 1. The highest BCUT2D eigenvalue weighted by atomic mass is 16.3. The molecule has 0 aromatic heterocycles. The van der Waals surface area contributed by atoms with Gasteiger partial charge in [-0.2, -0.15) is 0 Å². The molecule has 0 heterocycles. The molecule has 0 aliphatic rings. The topological polar surface area (TPSA) is 40.5 Å². The molecule has 1 aromatic carbocycles. The summed E-state index contributed by atoms with van der Waals surface area (Å²) < 4.78 is 0. The van der Waals surface area contributed by atoms with E-state index >= 15 is 0 Å². The summed E-state index contributed by atoms with van der Waals surface area (Å²) in [5.41, 5.74) is 1.30. The molecule has 0 aliphatic carbocycles. The van der Waals surface area contributed by atoms with Gasteiger partial charge in [-0.25, -0.2) is 0 Å². The third kappa shape index (κ3) is 2.49. The van der Waals surface area contributed by atoms with Gasteiger partial charge in [-0.15, -0.1) is 0 Å². The van der Waals surface area contributed by atoms with Crippen LogP contribution in [0.3, 0.4) is 0 Å². The van der Waals surface area contributed by atoms with Crippen molar-refractivity contribution in [3.63, 3.8) is 0 Å². The minimum Gasteiger partial charge on any atom is -0.508 e. The molecule has 15 heavy (non-hydrogen) atoms. The fraction of sp³-hybridized carbons (Fsp3) is 0.417. The van der Waals surface area contributed by atoms with Crippen LogP contribution in [0.25, 0.3) is 0 Å². The molecule has 1 aromatic rings. The minimum absolute atomic E-state index is 0.0692. The summed E-state index contributed by atoms with van der Waals surface area (Å²) in [6.45, 7) is 5.70. The van der Waals surface area contributed by atoms with E-state index in [2.05, 4.69) is 0 Å². The standard InChI is InChI=1S/C12H17NO2/c1-8(2)13(4)12(15)10-6-5-9(3)11(14)7-10/h5-8,14H,1-4H3. The largest absolute Gasteiger partial charge is 0.508 e. The summed E-state index contributed by atoms with van der Waals surface area (Å²) in [6, 6.07) is 5.14. The van der Waals surface area contributed by atoms with Crippen molar-refractivity contribution in [3.8, 4) is 5.75 Å². The van der Waals surface area contributed by atoms with Crippen LogP contribution >= 0.6 is 0 Å². The zero-order valence-corrected chi connectivity index (χ0v) is 9.61. The first kappa shape index (κ1) is 11.6. The number of hydrogen-bond donors (Lipinski definition) is 1. The molecule has 0 saturated carbocycles. The fourth-order valence-corrected chi connectivity index (χ4v) is 1.18. The first-order valence-electron chi connectivity index (χ1n) is 5.00. The summed E-state index contributed by atoms with van der Waals surface area (Å²) in [7, 11) is 1.75. The molecule has 0 bridgehead atoms. The molecular formula is C12H17NO2. The van der Waals surface area contributed by atoms with Crippen molar-refractivity contribution in [1.82, 2.24) is 4.90 Å². The predicted octanol–water partition coefficient (Wildman–Crippen LogP) is 2.18. The lowest BCUT2D eigenvalue weighted by Gasteiger charge is -2.21. The Bertz CT molecular complexity index is 372. The Morgan fingerprint density at radius 1 is 1.40 bits per heavy atom. The van der Waals surface area contributed by atoms with Crippen LogP contribution in [-0.4, -0.2) is 29.0 Å². The maximum absolute atomic E-state index is 11.9. The van der Waals surface area contributed by atoms with Gasteiger partial charge in [0.2, 0.25) is 0 Å². The molecule has 1 N–H and O–H groups in total. The van der Waals surface area contributed by atoms with Crippen molar-refractivity contribution in [3.05, 3.63) is 29.3 Å². The molecular weight excluding hydrogens is 190 g/mol. The second-order valence-corrected chi connectivity index (χ2v) is 4.01. The number of carbonyl (C=O) groups is 1. The fourth-order valence-electron chi connectivity index (χ4n) is 1.18. The average molecular weight is 207 g/mol. The van der Waals surface area contributed by atoms with Crippen molar-refractivity contribution >= 4 is 5.91 Å². The monoisotopic (exact) mass is 207 g/mol. The van der Waals surface area contributed by atoms with E-state index in [0.29, 0.717) is 5.56 Å². The van der Waals surface area contributed by atoms with E-state index in [4.69, 9.17) is 0 Å². The lowest BCUT2D eigenvalue weighted by Crippen LogP contribution is -2.32. The van der Waals surface area contributed by atoms with Crippen molar-refractivity contribution in [2.75, 3.05) is 7.05 Å². The van der Waals surface area contributed by atoms with Crippen LogP contribution in [0.4, 0.5) is 0 Å². The van der Waals surface area contributed by atoms with Gasteiger partial charge in [0.15, 0.2) is 0 Å². The Balaban J connectivity index is 2.97. The van der Waals surface area contributed by atoms with Crippen LogP contribution in [0.5, 0.6) is 5.75 Å². The normalized spacial score (nSPS) is 10.5. The summed E-state index contributed by atoms with van der Waals surface area (Å²) in [4.78, 5) is 13.5. The smallest absolute Gasteiger partial charge is 0.253 e. The van der Waals surface area contributed by atoms with Gasteiger partial charge in [-0.05, 0) is 38.5 Å². The third-order valence-corrected chi connectivity index (χ3v) is 2.55. The highest BCUT2D eigenvalue weighted by Gasteiger charge is 2.14. The van der Waals surface area contributed by atoms with Crippen molar-refractivity contribution in [2.24, 2.45) is 0 Å². The van der Waals surface area contributed by atoms with Crippen LogP contribution < -0.4 is 0 Å². The highest BCUT2D eigenvalue weighted by molar-refractivity contribution is 5.94. The summed E-state index contributed by atoms with van der Waals surface area (Å²) in [6.07, 6.45) is 0. The average Bonchev–Trinajstić information content (AvgIpc) is 2.19. The molecule has 0 aliphatic heterocycles. The lowest BCUT2D eigenvalue weighted by atomic mass is 10.1. The Hall–Kier alpha value is -1.51. The Morgan fingerprint density at radius 3 is 2.47 bits per heavy atom. The summed E-state index contributed by atoms with van der Waals surface area (Å²) >= 11 is 0. The van der Waals surface area contributed by atoms with Gasteiger partial charge in [0.25, 0.3) is 5.91 Å². The van der Waals surface area contributed by atoms with Gasteiger partial charge < -0.3 is 10.0 Å². The molecule has 0 fully saturated rings. The molecule has 1 rings (SSSR count). The number of aryl methyl sites for hydroxylation is 1. The zero-order chi connectivity index (χ0) is 11.6. The second-order valence-electron chi connectivity index (χ2n) is 4.01. The van der Waals surface area contributed by atoms with Gasteiger partial charge in [0.05, 0.1) is 0 Å². The molecule has 0 spiro atoms. The quantitative estimate of drug-likeness (QED) is 0.807. The van der Waals surface area contributed by atoms with Gasteiger partial charge in [0, 0.05) is 18.7 Å². The van der Waals surface area contributed by atoms with Gasteiger partial charge >= 0.3 is 0 Å². The third-order valence-electron chi connectivity index (χ3n) is 2.55. The van der Waals surface area contributed by atoms with Gasteiger partial charge in [-0.3, -0.25) is 4.79 Å². The molecule has 1 amide bonds. The van der Waals surface area contributed by atoms with Crippen LogP contribution in [0.1, 0.15) is 29.8 Å². The SMILES string of the molecule is Cc1ccc(C(=O)N(C)C(C)C)cc1O. The molecule has 0 atom stereocenters. The Morgan fingerprint density at radius 2 is 2.00 bits per heavy atom. The number of carbonyl (C=O) groups excluding carboxylic acids is 1. The number of nitrogens with zero attached hydrogens (tertiary/aromatic N) is 1. The van der Waals surface area contributed by atoms with E-state index in [1.54, 1.807) is 31.0 Å². The molecule has 0 unspecified atom stereocenters. The summed E-state index contributed by atoms with van der Waals surface area (Å²) in [5.74, 6) is 0.0957. The van der Waals surface area contributed by atoms with Crippen LogP contribution in [0.15, 0.2) is 18.2 Å². The zero-order valence-electron chi connectivity index (χ0n) is 9.61. The first-order valence-corrected chi connectivity index (χ1v) is 5.00. The number of hydrogen-bond acceptors (Lipinski definition) is 2. The van der Waals surface area contributed by atoms with E-state index in [-0.39, 0.29) is 17.7 Å². The highest BCUT2D eigenvalue weighted by Crippen LogP contribution is 2.18. The van der Waals surface area contributed by atoms with Gasteiger partial charge in [-0.1, -0.05) is 6.07 Å². The summed E-state index contributed by atoms with van der Waals surface area (Å²) in [5, 5.41) is 9.50. The van der Waals surface area contributed by atoms with E-state index in [1.807, 2.05) is 13.8 Å². The van der Waals surface area contributed by atoms with E-state index in [9.17, 15) is 9.90 Å². The van der Waals surface area contributed by atoms with Gasteiger partial charge in [0.1, 0.15) is 5.75 Å². The Labute approximate surface area is 90.3 Å². The minimum atomic E-state index is -0.0692. The van der Waals surface area contributed by atoms with Crippen LogP contribution in [0.2, 0.25) is 0 Å². The van der Waals surface area contributed by atoms with Crippen molar-refractivity contribution in [1.29, 1.82) is 0 Å². The van der Waals surface area contributed by atoms with Crippen LogP contribution in [-0.2, 0) is 0 Å². The van der Waals surface area contributed by atoms with Crippen LogP contribution in [0, 0.1) is 6.92 Å². The van der Waals surface area contributed by atoms with Crippen molar-refractivity contribution in [2.45, 2.75) is 26.8 Å². The molecule has 3 heteroatoms. The number of rotatable bonds is 2. The predicted molar refractivity (Wildman–Crippen MR) is 60.1 cm³/mol. The van der Waals surface area contributed by atoms with E-state index in [0.717, 1.165) is 5.56 Å².